The van der Waals surface area contributed by atoms with Crippen LogP contribution in [-0.4, -0.2) is 18.6 Å². The molecule has 1 rings (SSSR count). The average molecular weight is 246 g/mol. The van der Waals surface area contributed by atoms with Gasteiger partial charge in [-0.1, -0.05) is 26.0 Å². The van der Waals surface area contributed by atoms with Gasteiger partial charge in [0.2, 0.25) is 0 Å². The Labute approximate surface area is 108 Å². The molecule has 0 aliphatic heterocycles. The van der Waals surface area contributed by atoms with E-state index in [1.165, 1.54) is 0 Å². The summed E-state index contributed by atoms with van der Waals surface area (Å²) in [4.78, 5) is 11.6. The number of rotatable bonds is 5. The van der Waals surface area contributed by atoms with Gasteiger partial charge in [0.05, 0.1) is 5.56 Å². The minimum Gasteiger partial charge on any atom is -0.482 e. The molecule has 0 radical (unpaired) electrons. The van der Waals surface area contributed by atoms with E-state index in [2.05, 4.69) is 5.32 Å². The molecule has 0 spiro atoms. The van der Waals surface area contributed by atoms with Crippen LogP contribution < -0.4 is 10.1 Å². The zero-order chi connectivity index (χ0) is 13.5. The molecular formula is C14H18N2O2. The first-order valence-corrected chi connectivity index (χ1v) is 5.96. The van der Waals surface area contributed by atoms with Crippen molar-refractivity contribution in [2.45, 2.75) is 26.8 Å². The van der Waals surface area contributed by atoms with E-state index in [0.29, 0.717) is 17.2 Å². The highest BCUT2D eigenvalue weighted by Gasteiger charge is 2.11. The zero-order valence-corrected chi connectivity index (χ0v) is 10.9. The summed E-state index contributed by atoms with van der Waals surface area (Å²) in [6.45, 7) is 5.95. The summed E-state index contributed by atoms with van der Waals surface area (Å²) in [5, 5.41) is 11.7. The van der Waals surface area contributed by atoms with Gasteiger partial charge >= 0.3 is 0 Å². The fraction of sp³-hybridized carbons (Fsp3) is 0.429. The van der Waals surface area contributed by atoms with Gasteiger partial charge in [-0.2, -0.15) is 5.26 Å². The molecule has 1 aromatic carbocycles. The van der Waals surface area contributed by atoms with Crippen LogP contribution in [0.3, 0.4) is 0 Å². The average Bonchev–Trinajstić information content (AvgIpc) is 2.36. The minimum atomic E-state index is -0.177. The van der Waals surface area contributed by atoms with Crippen LogP contribution in [0.5, 0.6) is 5.75 Å². The molecule has 96 valence electrons. The van der Waals surface area contributed by atoms with Gasteiger partial charge in [-0.15, -0.1) is 0 Å². The van der Waals surface area contributed by atoms with Crippen molar-refractivity contribution in [3.63, 3.8) is 0 Å². The lowest BCUT2D eigenvalue weighted by molar-refractivity contribution is -0.124. The normalized spacial score (nSPS) is 11.7. The third-order valence-corrected chi connectivity index (χ3v) is 2.75. The van der Waals surface area contributed by atoms with Gasteiger partial charge in [-0.3, -0.25) is 4.79 Å². The fourth-order valence-corrected chi connectivity index (χ4v) is 1.29. The molecular weight excluding hydrogens is 228 g/mol. The molecule has 4 heteroatoms. The second-order valence-corrected chi connectivity index (χ2v) is 4.50. The van der Waals surface area contributed by atoms with E-state index in [1.54, 1.807) is 24.3 Å². The molecule has 0 saturated heterocycles. The minimum absolute atomic E-state index is 0.0737. The molecule has 1 N–H and O–H groups in total. The van der Waals surface area contributed by atoms with E-state index in [4.69, 9.17) is 10.00 Å². The second-order valence-electron chi connectivity index (χ2n) is 4.50. The van der Waals surface area contributed by atoms with Crippen molar-refractivity contribution in [1.29, 1.82) is 5.26 Å². The Morgan fingerprint density at radius 3 is 2.67 bits per heavy atom. The quantitative estimate of drug-likeness (QED) is 0.865. The van der Waals surface area contributed by atoms with Crippen LogP contribution in [0.1, 0.15) is 26.3 Å². The number of carbonyl (C=O) groups excluding carboxylic acids is 1. The SMILES string of the molecule is CC(C)[C@@H](C)NC(=O)COc1ccccc1C#N. The molecule has 0 aromatic heterocycles. The second kappa shape index (κ2) is 6.65. The Balaban J connectivity index is 2.51. The van der Waals surface area contributed by atoms with Crippen molar-refractivity contribution in [3.05, 3.63) is 29.8 Å². The molecule has 18 heavy (non-hydrogen) atoms. The van der Waals surface area contributed by atoms with Crippen molar-refractivity contribution >= 4 is 5.91 Å². The van der Waals surface area contributed by atoms with Gasteiger partial charge in [0.15, 0.2) is 6.61 Å². The van der Waals surface area contributed by atoms with Crippen LogP contribution in [0, 0.1) is 17.2 Å². The molecule has 0 bridgehead atoms. The first-order chi connectivity index (χ1) is 8.54. The van der Waals surface area contributed by atoms with Crippen molar-refractivity contribution in [1.82, 2.24) is 5.32 Å². The number of ether oxygens (including phenoxy) is 1. The highest BCUT2D eigenvalue weighted by molar-refractivity contribution is 5.77. The number of nitrogens with one attached hydrogen (secondary N) is 1. The van der Waals surface area contributed by atoms with Crippen LogP contribution in [0.15, 0.2) is 24.3 Å². The van der Waals surface area contributed by atoms with Gasteiger partial charge in [-0.05, 0) is 25.0 Å². The number of nitriles is 1. The smallest absolute Gasteiger partial charge is 0.258 e. The molecule has 0 heterocycles. The van der Waals surface area contributed by atoms with Gasteiger partial charge < -0.3 is 10.1 Å². The van der Waals surface area contributed by atoms with Crippen molar-refractivity contribution in [3.8, 4) is 11.8 Å². The number of hydrogen-bond acceptors (Lipinski definition) is 3. The highest BCUT2D eigenvalue weighted by atomic mass is 16.5. The maximum atomic E-state index is 11.6. The first-order valence-electron chi connectivity index (χ1n) is 5.96. The third kappa shape index (κ3) is 4.10. The van der Waals surface area contributed by atoms with E-state index >= 15 is 0 Å². The Kier molecular flexibility index (Phi) is 5.19. The number of amides is 1. The van der Waals surface area contributed by atoms with Gasteiger partial charge in [0.1, 0.15) is 11.8 Å². The Bertz CT molecular complexity index is 449. The van der Waals surface area contributed by atoms with Gasteiger partial charge in [-0.25, -0.2) is 0 Å². The number of hydrogen-bond donors (Lipinski definition) is 1. The maximum absolute atomic E-state index is 11.6. The lowest BCUT2D eigenvalue weighted by Gasteiger charge is -2.17. The van der Waals surface area contributed by atoms with Crippen molar-refractivity contribution in [2.75, 3.05) is 6.61 Å². The largest absolute Gasteiger partial charge is 0.482 e. The van der Waals surface area contributed by atoms with Crippen LogP contribution in [0.25, 0.3) is 0 Å². The number of para-hydroxylation sites is 1. The molecule has 0 fully saturated rings. The first kappa shape index (κ1) is 14.0. The Morgan fingerprint density at radius 2 is 2.06 bits per heavy atom. The molecule has 4 nitrogen and oxygen atoms in total. The molecule has 0 aliphatic rings. The van der Waals surface area contributed by atoms with E-state index in [1.807, 2.05) is 26.8 Å². The summed E-state index contributed by atoms with van der Waals surface area (Å²) >= 11 is 0. The van der Waals surface area contributed by atoms with Crippen LogP contribution in [0.4, 0.5) is 0 Å². The van der Waals surface area contributed by atoms with Crippen molar-refractivity contribution in [2.24, 2.45) is 5.92 Å². The lowest BCUT2D eigenvalue weighted by atomic mass is 10.1. The summed E-state index contributed by atoms with van der Waals surface area (Å²) in [5.41, 5.74) is 0.433. The molecule has 1 atom stereocenters. The van der Waals surface area contributed by atoms with E-state index in [0.717, 1.165) is 0 Å². The monoisotopic (exact) mass is 246 g/mol. The predicted octanol–water partition coefficient (Wildman–Crippen LogP) is 2.10. The fourth-order valence-electron chi connectivity index (χ4n) is 1.29. The van der Waals surface area contributed by atoms with E-state index < -0.39 is 0 Å². The molecule has 1 aromatic rings. The summed E-state index contributed by atoms with van der Waals surface area (Å²) in [5.74, 6) is 0.636. The van der Waals surface area contributed by atoms with E-state index in [-0.39, 0.29) is 18.6 Å². The number of nitrogens with zero attached hydrogens (tertiary/aromatic N) is 1. The number of carbonyl (C=O) groups is 1. The highest BCUT2D eigenvalue weighted by Crippen LogP contribution is 2.16. The standard InChI is InChI=1S/C14H18N2O2/c1-10(2)11(3)16-14(17)9-18-13-7-5-4-6-12(13)8-15/h4-7,10-11H,9H2,1-3H3,(H,16,17)/t11-/m1/s1. The zero-order valence-electron chi connectivity index (χ0n) is 10.9. The third-order valence-electron chi connectivity index (χ3n) is 2.75. The molecule has 1 amide bonds. The Morgan fingerprint density at radius 1 is 1.39 bits per heavy atom. The lowest BCUT2D eigenvalue weighted by Crippen LogP contribution is -2.39. The summed E-state index contributed by atoms with van der Waals surface area (Å²) < 4.78 is 5.34. The van der Waals surface area contributed by atoms with E-state index in [9.17, 15) is 4.79 Å². The van der Waals surface area contributed by atoms with Crippen molar-refractivity contribution < 1.29 is 9.53 Å². The van der Waals surface area contributed by atoms with Gasteiger partial charge in [0, 0.05) is 6.04 Å². The van der Waals surface area contributed by atoms with Gasteiger partial charge in [0.25, 0.3) is 5.91 Å². The predicted molar refractivity (Wildman–Crippen MR) is 69.1 cm³/mol. The molecule has 0 unspecified atom stereocenters. The topological polar surface area (TPSA) is 62.1 Å². The summed E-state index contributed by atoms with van der Waals surface area (Å²) in [6, 6.07) is 8.99. The maximum Gasteiger partial charge on any atom is 0.258 e. The molecule has 0 saturated carbocycles. The Hall–Kier alpha value is -2.02. The van der Waals surface area contributed by atoms with Crippen LogP contribution in [-0.2, 0) is 4.79 Å². The summed E-state index contributed by atoms with van der Waals surface area (Å²) in [7, 11) is 0. The van der Waals surface area contributed by atoms with Crippen LogP contribution in [0.2, 0.25) is 0 Å². The van der Waals surface area contributed by atoms with Crippen LogP contribution >= 0.6 is 0 Å². The number of benzene rings is 1. The molecule has 0 aliphatic carbocycles. The summed E-state index contributed by atoms with van der Waals surface area (Å²) in [6.07, 6.45) is 0.